The highest BCUT2D eigenvalue weighted by atomic mass is 15.1. The molecule has 0 atom stereocenters. The van der Waals surface area contributed by atoms with Crippen LogP contribution in [0.2, 0.25) is 0 Å². The quantitative estimate of drug-likeness (QED) is 0.138. The van der Waals surface area contributed by atoms with E-state index in [1.54, 1.807) is 0 Å². The zero-order chi connectivity index (χ0) is 42.5. The third kappa shape index (κ3) is 6.16. The lowest BCUT2D eigenvalue weighted by atomic mass is 9.67. The molecule has 0 aromatic heterocycles. The Morgan fingerprint density at radius 1 is 0.266 bits per heavy atom. The largest absolute Gasteiger partial charge is 0.310 e. The zero-order valence-corrected chi connectivity index (χ0v) is 35.3. The summed E-state index contributed by atoms with van der Waals surface area (Å²) < 4.78 is 0. The van der Waals surface area contributed by atoms with Gasteiger partial charge in [-0.05, 0) is 125 Å². The van der Waals surface area contributed by atoms with Gasteiger partial charge in [-0.3, -0.25) is 0 Å². The fourth-order valence-electron chi connectivity index (χ4n) is 10.4. The molecular weight excluding hydrogens is 771 g/mol. The Hall–Kier alpha value is -8.26. The molecule has 11 aromatic rings. The van der Waals surface area contributed by atoms with Crippen molar-refractivity contribution in [3.63, 3.8) is 0 Å². The Morgan fingerprint density at radius 2 is 0.703 bits per heavy atom. The molecule has 1 nitrogen and oxygen atoms in total. The summed E-state index contributed by atoms with van der Waals surface area (Å²) in [6.45, 7) is 0. The van der Waals surface area contributed by atoms with Gasteiger partial charge in [-0.15, -0.1) is 0 Å². The van der Waals surface area contributed by atoms with E-state index in [9.17, 15) is 0 Å². The van der Waals surface area contributed by atoms with E-state index in [1.165, 1.54) is 88.3 Å². The van der Waals surface area contributed by atoms with Gasteiger partial charge in [0, 0.05) is 16.8 Å². The van der Waals surface area contributed by atoms with Crippen LogP contribution in [0.1, 0.15) is 22.3 Å². The molecule has 0 radical (unpaired) electrons. The maximum Gasteiger partial charge on any atom is 0.0714 e. The molecule has 1 heteroatoms. The van der Waals surface area contributed by atoms with Crippen molar-refractivity contribution >= 4 is 38.6 Å². The molecule has 0 saturated heterocycles. The highest BCUT2D eigenvalue weighted by Crippen LogP contribution is 2.58. The highest BCUT2D eigenvalue weighted by Gasteiger charge is 2.46. The van der Waals surface area contributed by atoms with E-state index in [0.717, 1.165) is 17.1 Å². The Morgan fingerprint density at radius 3 is 1.33 bits per heavy atom. The average molecular weight is 814 g/mol. The van der Waals surface area contributed by atoms with Gasteiger partial charge in [0.1, 0.15) is 0 Å². The smallest absolute Gasteiger partial charge is 0.0714 e. The Balaban J connectivity index is 1.10. The van der Waals surface area contributed by atoms with Crippen LogP contribution in [0.25, 0.3) is 66.1 Å². The SMILES string of the molecule is c1ccc(-c2cccc(-c3ccc(N(c4ccc5c(c4)C(c4ccccc4)(c4ccccc4)c4cc(-c6ccccc6)ccc4-5)c4cc5ccccc5c5ccccc45)cc3)c2)cc1. The molecular formula is C63H43N. The second kappa shape index (κ2) is 15.6. The van der Waals surface area contributed by atoms with E-state index in [2.05, 4.69) is 266 Å². The van der Waals surface area contributed by atoms with Crippen LogP contribution in [0.5, 0.6) is 0 Å². The fraction of sp³-hybridized carbons (Fsp3) is 0.0159. The van der Waals surface area contributed by atoms with Gasteiger partial charge in [0.15, 0.2) is 0 Å². The lowest BCUT2D eigenvalue weighted by Crippen LogP contribution is -2.28. The summed E-state index contributed by atoms with van der Waals surface area (Å²) in [5.41, 5.74) is 17.5. The van der Waals surface area contributed by atoms with Gasteiger partial charge in [-0.1, -0.05) is 218 Å². The van der Waals surface area contributed by atoms with Gasteiger partial charge in [-0.25, -0.2) is 0 Å². The molecule has 0 bridgehead atoms. The zero-order valence-electron chi connectivity index (χ0n) is 35.3. The van der Waals surface area contributed by atoms with Gasteiger partial charge in [-0.2, -0.15) is 0 Å². The van der Waals surface area contributed by atoms with E-state index in [-0.39, 0.29) is 0 Å². The topological polar surface area (TPSA) is 3.24 Å². The summed E-state index contributed by atoms with van der Waals surface area (Å²) in [7, 11) is 0. The molecule has 12 rings (SSSR count). The number of hydrogen-bond donors (Lipinski definition) is 0. The van der Waals surface area contributed by atoms with Crippen LogP contribution in [0, 0.1) is 0 Å². The number of hydrogen-bond acceptors (Lipinski definition) is 1. The Bertz CT molecular complexity index is 3430. The summed E-state index contributed by atoms with van der Waals surface area (Å²) in [6, 6.07) is 96.0. The third-order valence-electron chi connectivity index (χ3n) is 13.3. The predicted octanol–water partition coefficient (Wildman–Crippen LogP) is 16.8. The molecule has 11 aromatic carbocycles. The molecule has 0 unspecified atom stereocenters. The molecule has 0 spiro atoms. The van der Waals surface area contributed by atoms with Gasteiger partial charge >= 0.3 is 0 Å². The Kier molecular flexibility index (Phi) is 9.13. The minimum Gasteiger partial charge on any atom is -0.310 e. The number of nitrogens with zero attached hydrogens (tertiary/aromatic N) is 1. The van der Waals surface area contributed by atoms with Crippen molar-refractivity contribution in [3.05, 3.63) is 283 Å². The maximum atomic E-state index is 2.48. The van der Waals surface area contributed by atoms with E-state index < -0.39 is 5.41 Å². The fourth-order valence-corrected chi connectivity index (χ4v) is 10.4. The lowest BCUT2D eigenvalue weighted by Gasteiger charge is -2.35. The molecule has 64 heavy (non-hydrogen) atoms. The van der Waals surface area contributed by atoms with Crippen LogP contribution >= 0.6 is 0 Å². The summed E-state index contributed by atoms with van der Waals surface area (Å²) >= 11 is 0. The predicted molar refractivity (Wildman–Crippen MR) is 270 cm³/mol. The van der Waals surface area contributed by atoms with Crippen LogP contribution in [-0.2, 0) is 5.41 Å². The van der Waals surface area contributed by atoms with Gasteiger partial charge in [0.25, 0.3) is 0 Å². The molecule has 300 valence electrons. The summed E-state index contributed by atoms with van der Waals surface area (Å²) in [6.07, 6.45) is 0. The van der Waals surface area contributed by atoms with Crippen LogP contribution in [0.3, 0.4) is 0 Å². The third-order valence-corrected chi connectivity index (χ3v) is 13.3. The van der Waals surface area contributed by atoms with Crippen LogP contribution in [-0.4, -0.2) is 0 Å². The monoisotopic (exact) mass is 813 g/mol. The van der Waals surface area contributed by atoms with E-state index >= 15 is 0 Å². The van der Waals surface area contributed by atoms with Crippen LogP contribution in [0.15, 0.2) is 261 Å². The van der Waals surface area contributed by atoms with E-state index in [4.69, 9.17) is 0 Å². The molecule has 0 heterocycles. The first-order chi connectivity index (χ1) is 31.7. The molecule has 0 amide bonds. The molecule has 0 fully saturated rings. The minimum absolute atomic E-state index is 0.585. The van der Waals surface area contributed by atoms with Gasteiger partial charge in [0.2, 0.25) is 0 Å². The average Bonchev–Trinajstić information content (AvgIpc) is 3.67. The number of anilines is 3. The molecule has 0 N–H and O–H groups in total. The first kappa shape index (κ1) is 37.5. The summed E-state index contributed by atoms with van der Waals surface area (Å²) in [4.78, 5) is 2.48. The van der Waals surface area contributed by atoms with Crippen molar-refractivity contribution in [2.45, 2.75) is 5.41 Å². The van der Waals surface area contributed by atoms with Crippen molar-refractivity contribution in [2.75, 3.05) is 4.90 Å². The first-order valence-electron chi connectivity index (χ1n) is 22.2. The van der Waals surface area contributed by atoms with Gasteiger partial charge < -0.3 is 4.90 Å². The standard InChI is InChI=1S/C63H43N/c1-5-18-44(19-6-1)47-23-17-24-48(40-47)46-32-35-53(36-33-46)64(62-42-50-22-13-14-29-55(50)56-30-15-16-31-59(56)62)54-37-39-58-57-38-34-49(45-20-7-2-8-21-45)41-60(57)63(61(58)43-54,51-25-9-3-10-26-51)52-27-11-4-12-28-52/h1-43H. The van der Waals surface area contributed by atoms with Crippen molar-refractivity contribution in [1.29, 1.82) is 0 Å². The van der Waals surface area contributed by atoms with Gasteiger partial charge in [0.05, 0.1) is 11.1 Å². The Labute approximate surface area is 374 Å². The molecule has 0 saturated carbocycles. The maximum absolute atomic E-state index is 2.48. The second-order valence-electron chi connectivity index (χ2n) is 16.8. The highest BCUT2D eigenvalue weighted by molar-refractivity contribution is 6.14. The van der Waals surface area contributed by atoms with Crippen molar-refractivity contribution < 1.29 is 0 Å². The number of fused-ring (bicyclic) bond motifs is 6. The van der Waals surface area contributed by atoms with Crippen molar-refractivity contribution in [2.24, 2.45) is 0 Å². The van der Waals surface area contributed by atoms with Crippen molar-refractivity contribution in [1.82, 2.24) is 0 Å². The normalized spacial score (nSPS) is 12.5. The lowest BCUT2D eigenvalue weighted by molar-refractivity contribution is 0.768. The minimum atomic E-state index is -0.585. The summed E-state index contributed by atoms with van der Waals surface area (Å²) in [5, 5.41) is 4.90. The number of rotatable bonds is 8. The van der Waals surface area contributed by atoms with Crippen LogP contribution < -0.4 is 4.90 Å². The van der Waals surface area contributed by atoms with Crippen molar-refractivity contribution in [3.8, 4) is 44.5 Å². The van der Waals surface area contributed by atoms with E-state index in [1.807, 2.05) is 0 Å². The number of benzene rings is 11. The molecule has 1 aliphatic rings. The summed E-state index contributed by atoms with van der Waals surface area (Å²) in [5.74, 6) is 0. The van der Waals surface area contributed by atoms with E-state index in [0.29, 0.717) is 0 Å². The second-order valence-corrected chi connectivity index (χ2v) is 16.8. The first-order valence-corrected chi connectivity index (χ1v) is 22.2. The molecule has 0 aliphatic heterocycles. The molecule has 1 aliphatic carbocycles. The van der Waals surface area contributed by atoms with Crippen LogP contribution in [0.4, 0.5) is 17.1 Å².